The Morgan fingerprint density at radius 3 is 1.80 bits per heavy atom. The average molecular weight is 608 g/mol. The fraction of sp³-hybridized carbons (Fsp3) is 0.481. The van der Waals surface area contributed by atoms with Gasteiger partial charge in [0.2, 0.25) is 0 Å². The molecule has 0 bridgehead atoms. The Labute approximate surface area is 221 Å². The molecule has 0 saturated heterocycles. The van der Waals surface area contributed by atoms with Crippen molar-refractivity contribution < 1.29 is 28.9 Å². The highest BCUT2D eigenvalue weighted by atomic mass is 79.9. The Hall–Kier alpha value is -2.06. The number of ether oxygens (including phenoxy) is 3. The molecule has 0 amide bonds. The van der Waals surface area contributed by atoms with Crippen molar-refractivity contribution in [1.82, 2.24) is 0 Å². The summed E-state index contributed by atoms with van der Waals surface area (Å²) in [6.07, 6.45) is 6.66. The zero-order valence-corrected chi connectivity index (χ0v) is 23.1. The van der Waals surface area contributed by atoms with E-state index >= 15 is 0 Å². The summed E-state index contributed by atoms with van der Waals surface area (Å²) >= 11 is 6.91. The quantitative estimate of drug-likeness (QED) is 0.363. The van der Waals surface area contributed by atoms with Gasteiger partial charge in [-0.3, -0.25) is 0 Å². The lowest BCUT2D eigenvalue weighted by Crippen LogP contribution is -2.29. The van der Waals surface area contributed by atoms with E-state index in [1.54, 1.807) is 18.2 Å². The van der Waals surface area contributed by atoms with E-state index in [0.717, 1.165) is 63.7 Å². The number of benzene rings is 2. The van der Waals surface area contributed by atoms with Crippen molar-refractivity contribution >= 4 is 43.8 Å². The molecule has 8 heteroatoms. The van der Waals surface area contributed by atoms with Crippen molar-refractivity contribution in [3.63, 3.8) is 0 Å². The summed E-state index contributed by atoms with van der Waals surface area (Å²) in [5, 5.41) is 9.08. The minimum atomic E-state index is -0.889. The van der Waals surface area contributed by atoms with Crippen LogP contribution in [0.4, 0.5) is 0 Å². The molecule has 0 radical (unpaired) electrons. The maximum Gasteiger partial charge on any atom is 0.337 e. The van der Waals surface area contributed by atoms with E-state index in [-0.39, 0.29) is 17.2 Å². The van der Waals surface area contributed by atoms with Gasteiger partial charge in [0, 0.05) is 23.0 Å². The molecule has 186 valence electrons. The van der Waals surface area contributed by atoms with Crippen molar-refractivity contribution in [2.45, 2.75) is 75.4 Å². The number of rotatable bonds is 2. The standard InChI is InChI=1S/C14H15BrO3.C13H13BrO3/c1-14-5-3-4-10(14)9-6-8(13(16)17-2)7-11(15)12(9)18-14;1-13-4-2-3-9(13)8-5-7(12(15)16)6-10(14)11(8)17-13/h6-7,10H,3-5H2,1-2H3;5-6,9H,2-4H2,1H3,(H,15,16)/t10-,14-;9-,13-/m00/s1. The van der Waals surface area contributed by atoms with Crippen molar-refractivity contribution in [2.24, 2.45) is 0 Å². The smallest absolute Gasteiger partial charge is 0.337 e. The molecule has 0 unspecified atom stereocenters. The highest BCUT2D eigenvalue weighted by Crippen LogP contribution is 2.57. The molecule has 4 atom stereocenters. The van der Waals surface area contributed by atoms with Gasteiger partial charge in [-0.05, 0) is 108 Å². The SMILES string of the molecule is COC(=O)c1cc(Br)c2c(c1)[C@@H]1CCC[C@]1(C)O2.C[C@]12CCC[C@H]1c1cc(C(=O)O)cc(Br)c1O2. The fourth-order valence-corrected chi connectivity index (χ4v) is 7.39. The second-order valence-corrected chi connectivity index (χ2v) is 12.0. The summed E-state index contributed by atoms with van der Waals surface area (Å²) in [4.78, 5) is 22.7. The first-order chi connectivity index (χ1) is 16.6. The first-order valence-corrected chi connectivity index (χ1v) is 13.5. The van der Waals surface area contributed by atoms with Crippen LogP contribution in [-0.4, -0.2) is 35.4 Å². The molecule has 6 nitrogen and oxygen atoms in total. The minimum absolute atomic E-state index is 0.0976. The zero-order chi connectivity index (χ0) is 25.1. The van der Waals surface area contributed by atoms with Crippen molar-refractivity contribution in [2.75, 3.05) is 7.11 Å². The lowest BCUT2D eigenvalue weighted by molar-refractivity contribution is 0.0599. The first kappa shape index (κ1) is 24.6. The molecule has 6 rings (SSSR count). The van der Waals surface area contributed by atoms with Crippen LogP contribution >= 0.6 is 31.9 Å². The third-order valence-corrected chi connectivity index (χ3v) is 9.22. The van der Waals surface area contributed by atoms with Gasteiger partial charge in [-0.25, -0.2) is 9.59 Å². The highest BCUT2D eigenvalue weighted by Gasteiger charge is 2.50. The molecule has 1 N–H and O–H groups in total. The third-order valence-electron chi connectivity index (χ3n) is 8.04. The number of carboxylic acids is 1. The molecule has 2 saturated carbocycles. The molecule has 0 aromatic heterocycles. The number of carbonyl (C=O) groups excluding carboxylic acids is 1. The van der Waals surface area contributed by atoms with Gasteiger partial charge in [-0.1, -0.05) is 0 Å². The monoisotopic (exact) mass is 606 g/mol. The molecule has 2 aromatic carbocycles. The van der Waals surface area contributed by atoms with Crippen LogP contribution in [0.25, 0.3) is 0 Å². The Morgan fingerprint density at radius 2 is 1.34 bits per heavy atom. The highest BCUT2D eigenvalue weighted by molar-refractivity contribution is 9.11. The van der Waals surface area contributed by atoms with Crippen molar-refractivity contribution in [3.8, 4) is 11.5 Å². The average Bonchev–Trinajstić information content (AvgIpc) is 3.51. The van der Waals surface area contributed by atoms with Crippen LogP contribution < -0.4 is 9.47 Å². The van der Waals surface area contributed by atoms with Crippen molar-refractivity contribution in [1.29, 1.82) is 0 Å². The van der Waals surface area contributed by atoms with Gasteiger partial charge in [-0.15, -0.1) is 0 Å². The minimum Gasteiger partial charge on any atom is -0.485 e. The van der Waals surface area contributed by atoms with Gasteiger partial charge in [0.15, 0.2) is 0 Å². The van der Waals surface area contributed by atoms with Crippen LogP contribution in [0.15, 0.2) is 33.2 Å². The number of esters is 1. The lowest BCUT2D eigenvalue weighted by Gasteiger charge is -2.23. The van der Waals surface area contributed by atoms with E-state index < -0.39 is 5.97 Å². The molecule has 2 aromatic rings. The molecule has 0 spiro atoms. The van der Waals surface area contributed by atoms with Gasteiger partial charge in [-0.2, -0.15) is 0 Å². The first-order valence-electron chi connectivity index (χ1n) is 11.9. The van der Waals surface area contributed by atoms with Gasteiger partial charge >= 0.3 is 11.9 Å². The Balaban J connectivity index is 0.000000145. The summed E-state index contributed by atoms with van der Waals surface area (Å²) in [6, 6.07) is 7.08. The third kappa shape index (κ3) is 4.06. The largest absolute Gasteiger partial charge is 0.485 e. The number of carboxylic acid groups (broad SMARTS) is 1. The Bertz CT molecular complexity index is 1230. The van der Waals surface area contributed by atoms with E-state index in [9.17, 15) is 9.59 Å². The Morgan fingerprint density at radius 1 is 0.886 bits per heavy atom. The summed E-state index contributed by atoms with van der Waals surface area (Å²) in [6.45, 7) is 4.28. The maximum atomic E-state index is 11.7. The second kappa shape index (κ2) is 8.80. The summed E-state index contributed by atoms with van der Waals surface area (Å²) < 4.78 is 18.5. The number of fused-ring (bicyclic) bond motifs is 6. The predicted molar refractivity (Wildman–Crippen MR) is 138 cm³/mol. The molecular weight excluding hydrogens is 580 g/mol. The van der Waals surface area contributed by atoms with Crippen LogP contribution in [0.3, 0.4) is 0 Å². The van der Waals surface area contributed by atoms with Crippen LogP contribution in [0.2, 0.25) is 0 Å². The van der Waals surface area contributed by atoms with Crippen LogP contribution in [0, 0.1) is 0 Å². The molecule has 4 aliphatic rings. The van der Waals surface area contributed by atoms with E-state index in [1.807, 2.05) is 6.07 Å². The number of methoxy groups -OCH3 is 1. The predicted octanol–water partition coefficient (Wildman–Crippen LogP) is 7.22. The fourth-order valence-electron chi connectivity index (χ4n) is 6.27. The molecule has 2 heterocycles. The number of aromatic carboxylic acids is 1. The molecule has 35 heavy (non-hydrogen) atoms. The molecule has 2 fully saturated rings. The number of hydrogen-bond donors (Lipinski definition) is 1. The van der Waals surface area contributed by atoms with Gasteiger partial charge in [0.05, 0.1) is 27.2 Å². The van der Waals surface area contributed by atoms with Gasteiger partial charge in [0.1, 0.15) is 22.7 Å². The van der Waals surface area contributed by atoms with Gasteiger partial charge in [0.25, 0.3) is 0 Å². The topological polar surface area (TPSA) is 82.1 Å². The van der Waals surface area contributed by atoms with Crippen LogP contribution in [0.1, 0.15) is 96.1 Å². The van der Waals surface area contributed by atoms with E-state index in [1.165, 1.54) is 13.5 Å². The lowest BCUT2D eigenvalue weighted by atomic mass is 9.88. The normalized spacial score (nSPS) is 29.1. The molecule has 2 aliphatic heterocycles. The summed E-state index contributed by atoms with van der Waals surface area (Å²) in [5.74, 6) is 1.28. The van der Waals surface area contributed by atoms with Crippen molar-refractivity contribution in [3.05, 3.63) is 55.5 Å². The van der Waals surface area contributed by atoms with E-state index in [2.05, 4.69) is 45.7 Å². The Kier molecular flexibility index (Phi) is 6.19. The van der Waals surface area contributed by atoms with Gasteiger partial charge < -0.3 is 19.3 Å². The second-order valence-electron chi connectivity index (χ2n) is 10.3. The van der Waals surface area contributed by atoms with E-state index in [4.69, 9.17) is 19.3 Å². The number of carbonyl (C=O) groups is 2. The summed E-state index contributed by atoms with van der Waals surface area (Å²) in [7, 11) is 1.40. The zero-order valence-electron chi connectivity index (χ0n) is 20.0. The number of halogens is 2. The summed E-state index contributed by atoms with van der Waals surface area (Å²) in [5.41, 5.74) is 2.88. The molecule has 2 aliphatic carbocycles. The maximum absolute atomic E-state index is 11.7. The van der Waals surface area contributed by atoms with Crippen LogP contribution in [-0.2, 0) is 4.74 Å². The van der Waals surface area contributed by atoms with Crippen LogP contribution in [0.5, 0.6) is 11.5 Å². The number of hydrogen-bond acceptors (Lipinski definition) is 5. The molecular formula is C27H28Br2O6. The van der Waals surface area contributed by atoms with E-state index in [0.29, 0.717) is 23.0 Å².